The number of nitrogens with zero attached hydrogens (tertiary/aromatic N) is 6. The molecule has 0 aliphatic carbocycles. The van der Waals surface area contributed by atoms with Gasteiger partial charge in [-0.15, -0.1) is 0 Å². The zero-order valence-corrected chi connectivity index (χ0v) is 64.6. The van der Waals surface area contributed by atoms with E-state index >= 15 is 0 Å². The number of phenols is 1. The molecule has 25 heteroatoms. The van der Waals surface area contributed by atoms with Crippen LogP contribution in [0.2, 0.25) is 0 Å². The van der Waals surface area contributed by atoms with Crippen molar-refractivity contribution in [2.24, 2.45) is 0 Å². The molecule has 0 radical (unpaired) electrons. The number of ether oxygens (including phenoxy) is 2. The normalized spacial score (nSPS) is 13.2. The Labute approximate surface area is 692 Å². The van der Waals surface area contributed by atoms with E-state index in [1.807, 2.05) is 152 Å². The van der Waals surface area contributed by atoms with Gasteiger partial charge in [-0.1, -0.05) is 255 Å². The van der Waals surface area contributed by atoms with Gasteiger partial charge < -0.3 is 18.8 Å². The zero-order valence-electron chi connectivity index (χ0n) is 63.8. The van der Waals surface area contributed by atoms with E-state index in [0.717, 1.165) is 39.3 Å². The van der Waals surface area contributed by atoms with Crippen molar-refractivity contribution in [2.75, 3.05) is 0 Å². The van der Waals surface area contributed by atoms with E-state index in [-0.39, 0.29) is 69.0 Å². The smallest absolute Gasteiger partial charge is 0.505 e. The van der Waals surface area contributed by atoms with Crippen LogP contribution >= 0.6 is 0 Å². The van der Waals surface area contributed by atoms with Crippen molar-refractivity contribution in [3.05, 3.63) is 422 Å². The third kappa shape index (κ3) is 16.1. The van der Waals surface area contributed by atoms with Gasteiger partial charge in [-0.2, -0.15) is 21.6 Å². The molecule has 6 amide bonds. The van der Waals surface area contributed by atoms with Crippen molar-refractivity contribution in [3.63, 3.8) is 0 Å². The molecule has 0 saturated carbocycles. The van der Waals surface area contributed by atoms with Crippen LogP contribution in [0.3, 0.4) is 0 Å². The Morgan fingerprint density at radius 3 is 0.984 bits per heavy atom. The van der Waals surface area contributed by atoms with E-state index in [0.29, 0.717) is 60.1 Å². The van der Waals surface area contributed by atoms with Crippen molar-refractivity contribution in [1.82, 2.24) is 29.7 Å². The molecule has 3 aliphatic heterocycles. The van der Waals surface area contributed by atoms with Crippen LogP contribution in [0.1, 0.15) is 136 Å². The highest BCUT2D eigenvalue weighted by molar-refractivity contribution is 7.88. The molecule has 0 spiro atoms. The highest BCUT2D eigenvalue weighted by Crippen LogP contribution is 2.50. The van der Waals surface area contributed by atoms with Crippen LogP contribution in [0.4, 0.5) is 26.3 Å². The van der Waals surface area contributed by atoms with Crippen LogP contribution < -0.4 is 13.7 Å². The molecule has 3 aliphatic rings. The maximum absolute atomic E-state index is 14.3. The minimum absolute atomic E-state index is 0.0154. The highest BCUT2D eigenvalue weighted by Gasteiger charge is 2.52. The van der Waals surface area contributed by atoms with Crippen LogP contribution in [0.15, 0.2) is 310 Å². The molecule has 122 heavy (non-hydrogen) atoms. The van der Waals surface area contributed by atoms with Gasteiger partial charge in [0.05, 0.1) is 41.9 Å². The lowest BCUT2D eigenvalue weighted by Gasteiger charge is -2.23. The SMILES string of the molecule is O=C1c2c(c(O)c3ncccc3c2/C=C/c2ccccc2)C(=O)N1Cc1ccc(F)cc1.O=C1c2c(c(OC(c3ccccc3)c3ccccc3)c3ncccc3c2/C=C/c2ccccc2)C(=O)N1Cc1ccc(F)cc1.O=C1c2c(c(OC(c3ccccc3)c3ccccc3)c3ncccc3c2OS(=O)(=O)C(F)(F)F)C(=O)N1Cc1ccc(F)cc1. The monoisotopic (exact) mass is 1650 g/mol. The fourth-order valence-electron chi connectivity index (χ4n) is 14.7. The molecule has 18 rings (SSSR count). The first kappa shape index (κ1) is 80.3. The van der Waals surface area contributed by atoms with E-state index in [1.165, 1.54) is 78.0 Å². The number of imide groups is 3. The number of hydrogen-bond donors (Lipinski definition) is 1. The number of fused-ring (bicyclic) bond motifs is 6. The third-order valence-corrected chi connectivity index (χ3v) is 21.4. The lowest BCUT2D eigenvalue weighted by Crippen LogP contribution is -2.30. The van der Waals surface area contributed by atoms with Crippen LogP contribution in [-0.4, -0.2) is 84.1 Å². The molecule has 0 saturated heterocycles. The summed E-state index contributed by atoms with van der Waals surface area (Å²) in [6, 6.07) is 82.3. The summed E-state index contributed by atoms with van der Waals surface area (Å²) in [6.45, 7) is -0.460. The number of pyridine rings is 3. The second-order valence-corrected chi connectivity index (χ2v) is 29.7. The Kier molecular flexibility index (Phi) is 22.5. The molecule has 0 unspecified atom stereocenters. The van der Waals surface area contributed by atoms with Gasteiger partial charge in [0.25, 0.3) is 35.4 Å². The van der Waals surface area contributed by atoms with E-state index in [1.54, 1.807) is 97.2 Å². The molecular weight excluding hydrogens is 1590 g/mol. The Balaban J connectivity index is 0.000000138. The number of carbonyl (C=O) groups excluding carboxylic acids is 6. The molecule has 0 atom stereocenters. The molecular formula is C97H64F6N6O12S. The van der Waals surface area contributed by atoms with Crippen LogP contribution in [-0.2, 0) is 29.8 Å². The quantitative estimate of drug-likeness (QED) is 0.0246. The van der Waals surface area contributed by atoms with Gasteiger partial charge in [0.15, 0.2) is 23.0 Å². The lowest BCUT2D eigenvalue weighted by molar-refractivity contribution is -0.0500. The van der Waals surface area contributed by atoms with Crippen molar-refractivity contribution < 1.29 is 82.3 Å². The van der Waals surface area contributed by atoms with Crippen molar-refractivity contribution in [3.8, 4) is 23.0 Å². The first-order valence-electron chi connectivity index (χ1n) is 37.9. The fourth-order valence-corrected chi connectivity index (χ4v) is 15.2. The Bertz CT molecular complexity index is 6690. The fraction of sp³-hybridized carbons (Fsp3) is 0.0619. The summed E-state index contributed by atoms with van der Waals surface area (Å²) in [5, 5.41) is 11.8. The molecule has 18 nitrogen and oxygen atoms in total. The summed E-state index contributed by atoms with van der Waals surface area (Å²) >= 11 is 0. The molecule has 15 aromatic rings. The average molecular weight is 1650 g/mol. The predicted octanol–water partition coefficient (Wildman–Crippen LogP) is 20.1. The first-order valence-corrected chi connectivity index (χ1v) is 39.3. The van der Waals surface area contributed by atoms with Gasteiger partial charge in [-0.05, 0) is 122 Å². The zero-order chi connectivity index (χ0) is 84.9. The van der Waals surface area contributed by atoms with Gasteiger partial charge >= 0.3 is 15.6 Å². The van der Waals surface area contributed by atoms with Crippen LogP contribution in [0, 0.1) is 17.5 Å². The molecule has 12 aromatic carbocycles. The van der Waals surface area contributed by atoms with Gasteiger partial charge in [-0.3, -0.25) is 58.4 Å². The number of rotatable bonds is 20. The maximum atomic E-state index is 14.3. The van der Waals surface area contributed by atoms with Crippen molar-refractivity contribution in [1.29, 1.82) is 0 Å². The number of carbonyl (C=O) groups is 6. The third-order valence-electron chi connectivity index (χ3n) is 20.5. The number of halogens is 6. The summed E-state index contributed by atoms with van der Waals surface area (Å²) in [6.07, 6.45) is 10.4. The minimum atomic E-state index is -6.30. The van der Waals surface area contributed by atoms with Gasteiger partial charge in [0.1, 0.15) is 57.3 Å². The largest absolute Gasteiger partial charge is 0.534 e. The van der Waals surface area contributed by atoms with E-state index in [4.69, 9.17) is 14.5 Å². The number of benzene rings is 12. The number of alkyl halides is 3. The highest BCUT2D eigenvalue weighted by atomic mass is 32.2. The molecule has 6 heterocycles. The molecule has 602 valence electrons. The molecule has 1 N–H and O–H groups in total. The van der Waals surface area contributed by atoms with Crippen molar-refractivity contribution >= 4 is 103 Å². The lowest BCUT2D eigenvalue weighted by atomic mass is 9.94. The predicted molar refractivity (Wildman–Crippen MR) is 446 cm³/mol. The van der Waals surface area contributed by atoms with Gasteiger partial charge in [0.2, 0.25) is 0 Å². The average Bonchev–Trinajstić information content (AvgIpc) is 1.56. The Hall–Kier alpha value is -15.5. The number of aromatic nitrogens is 3. The van der Waals surface area contributed by atoms with Gasteiger partial charge in [0, 0.05) is 34.7 Å². The Morgan fingerprint density at radius 2 is 0.623 bits per heavy atom. The summed E-state index contributed by atoms with van der Waals surface area (Å²) in [7, 11) is -6.30. The standard InChI is InChI=1S/C39H27FN2O3.C32H20F4N2O6S.C26H17FN2O3/c40-30-21-18-27(19-22-30)25-42-38(43)33-31(23-20-26-11-4-1-5-12-26)32-17-10-24-41-35(32)37(34(33)39(42)44)45-36(28-13-6-2-7-14-28)29-15-8-3-9-16-29;33-22-15-13-19(14-16-22)18-38-30(39)24-25(31(38)40)29(43-27(20-8-3-1-4-9-20)21-10-5-2-6-11-21)26-23(12-7-17-37-26)28(24)44-45(41,42)32(34,35)36;27-18-11-8-17(9-12-18)15-29-25(31)21-19(13-10-16-5-2-1-3-6-16)20-7-4-14-28-23(20)24(30)22(21)26(29)32/h1-24,36H,25H2;1-17,27H,18H2;1-14,30H,15H2/b23-20+;;13-10+. The van der Waals surface area contributed by atoms with E-state index in [2.05, 4.69) is 14.2 Å². The minimum Gasteiger partial charge on any atom is -0.505 e. The summed E-state index contributed by atoms with van der Waals surface area (Å²) < 4.78 is 123. The molecule has 0 fully saturated rings. The summed E-state index contributed by atoms with van der Waals surface area (Å²) in [4.78, 5) is 99.1. The topological polar surface area (TPSA) is 233 Å². The number of amides is 6. The second-order valence-electron chi connectivity index (χ2n) is 28.2. The van der Waals surface area contributed by atoms with E-state index in [9.17, 15) is 68.6 Å². The van der Waals surface area contributed by atoms with Crippen molar-refractivity contribution in [2.45, 2.75) is 37.4 Å². The molecule has 0 bridgehead atoms. The molecule has 3 aromatic heterocycles. The number of aromatic hydroxyl groups is 1. The Morgan fingerprint density at radius 1 is 0.336 bits per heavy atom. The van der Waals surface area contributed by atoms with Crippen LogP contribution in [0.5, 0.6) is 23.0 Å². The van der Waals surface area contributed by atoms with E-state index < -0.39 is 104 Å². The summed E-state index contributed by atoms with van der Waals surface area (Å²) in [5.41, 5.74) is 1.42. The maximum Gasteiger partial charge on any atom is 0.534 e. The number of hydrogen-bond acceptors (Lipinski definition) is 15. The number of phenolic OH excluding ortho intramolecular Hbond substituents is 1. The van der Waals surface area contributed by atoms with Crippen LogP contribution in [0.25, 0.3) is 57.0 Å². The second kappa shape index (κ2) is 34.2. The first-order chi connectivity index (χ1) is 59.1. The van der Waals surface area contributed by atoms with Gasteiger partial charge in [-0.25, -0.2) is 13.2 Å². The summed E-state index contributed by atoms with van der Waals surface area (Å²) in [5.74, 6) is -6.92.